The number of esters is 1. The third kappa shape index (κ3) is 4.77. The van der Waals surface area contributed by atoms with E-state index in [2.05, 4.69) is 4.72 Å². The third-order valence-electron chi connectivity index (χ3n) is 4.79. The van der Waals surface area contributed by atoms with Crippen molar-refractivity contribution in [2.24, 2.45) is 0 Å². The van der Waals surface area contributed by atoms with Crippen molar-refractivity contribution in [2.75, 3.05) is 0 Å². The Morgan fingerprint density at radius 1 is 0.938 bits per heavy atom. The average molecular weight is 449 g/mol. The largest absolute Gasteiger partial charge is 0.425 e. The molecule has 0 fully saturated rings. The molecule has 0 spiro atoms. The highest BCUT2D eigenvalue weighted by Gasteiger charge is 2.29. The Hall–Kier alpha value is -3.75. The standard InChI is InChI=1S/C24H19NO6S/c1-16-7-12-20(13-8-16)32(28,29)25-23(18-5-3-2-4-6-18)24(27)30-19-11-9-17-10-14-22(26)31-21(17)15-19/h2-15,23,25H,1H3/t23-/m1/s1. The van der Waals surface area contributed by atoms with Crippen LogP contribution in [0.5, 0.6) is 5.75 Å². The Bertz CT molecular complexity index is 1430. The van der Waals surface area contributed by atoms with Crippen molar-refractivity contribution in [2.45, 2.75) is 17.9 Å². The predicted molar refractivity (Wildman–Crippen MR) is 119 cm³/mol. The van der Waals surface area contributed by atoms with Crippen LogP contribution < -0.4 is 15.1 Å². The Morgan fingerprint density at radius 2 is 1.62 bits per heavy atom. The monoisotopic (exact) mass is 449 g/mol. The molecule has 162 valence electrons. The van der Waals surface area contributed by atoms with Gasteiger partial charge in [0.1, 0.15) is 17.4 Å². The Morgan fingerprint density at radius 3 is 2.34 bits per heavy atom. The number of benzene rings is 3. The second-order valence-electron chi connectivity index (χ2n) is 7.15. The molecule has 0 unspecified atom stereocenters. The molecule has 0 radical (unpaired) electrons. The van der Waals surface area contributed by atoms with E-state index in [4.69, 9.17) is 9.15 Å². The highest BCUT2D eigenvalue weighted by Crippen LogP contribution is 2.24. The molecule has 4 aromatic rings. The first-order valence-electron chi connectivity index (χ1n) is 9.71. The van der Waals surface area contributed by atoms with Gasteiger partial charge in [0.2, 0.25) is 10.0 Å². The molecule has 0 aliphatic carbocycles. The summed E-state index contributed by atoms with van der Waals surface area (Å²) in [6.45, 7) is 1.85. The van der Waals surface area contributed by atoms with Crippen LogP contribution in [-0.4, -0.2) is 14.4 Å². The molecule has 1 heterocycles. The zero-order chi connectivity index (χ0) is 22.7. The minimum absolute atomic E-state index is 0.0318. The molecule has 8 heteroatoms. The molecule has 1 atom stereocenters. The predicted octanol–water partition coefficient (Wildman–Crippen LogP) is 3.73. The molecule has 0 saturated carbocycles. The molecule has 4 rings (SSSR count). The number of rotatable bonds is 6. The van der Waals surface area contributed by atoms with Gasteiger partial charge in [0.15, 0.2) is 0 Å². The van der Waals surface area contributed by atoms with Crippen molar-refractivity contribution in [1.29, 1.82) is 0 Å². The highest BCUT2D eigenvalue weighted by molar-refractivity contribution is 7.89. The molecule has 1 aromatic heterocycles. The maximum absolute atomic E-state index is 13.0. The van der Waals surface area contributed by atoms with E-state index in [0.717, 1.165) is 5.56 Å². The molecule has 7 nitrogen and oxygen atoms in total. The Kier molecular flexibility index (Phi) is 5.89. The van der Waals surface area contributed by atoms with E-state index in [9.17, 15) is 18.0 Å². The van der Waals surface area contributed by atoms with Crippen molar-refractivity contribution in [3.8, 4) is 5.75 Å². The van der Waals surface area contributed by atoms with Crippen molar-refractivity contribution in [3.63, 3.8) is 0 Å². The first kappa shape index (κ1) is 21.5. The molecular weight excluding hydrogens is 430 g/mol. The summed E-state index contributed by atoms with van der Waals surface area (Å²) < 4.78 is 38.9. The number of aryl methyl sites for hydroxylation is 1. The molecule has 0 aliphatic rings. The lowest BCUT2D eigenvalue weighted by Gasteiger charge is -2.18. The van der Waals surface area contributed by atoms with Crippen LogP contribution in [0.2, 0.25) is 0 Å². The fraction of sp³-hybridized carbons (Fsp3) is 0.0833. The van der Waals surface area contributed by atoms with Gasteiger partial charge in [-0.3, -0.25) is 0 Å². The van der Waals surface area contributed by atoms with Crippen molar-refractivity contribution >= 4 is 27.0 Å². The zero-order valence-electron chi connectivity index (χ0n) is 17.0. The summed E-state index contributed by atoms with van der Waals surface area (Å²) in [5.74, 6) is -0.711. The molecule has 3 aromatic carbocycles. The Balaban J connectivity index is 1.65. The number of ether oxygens (including phenoxy) is 1. The van der Waals surface area contributed by atoms with Gasteiger partial charge >= 0.3 is 11.6 Å². The summed E-state index contributed by atoms with van der Waals surface area (Å²) >= 11 is 0. The minimum Gasteiger partial charge on any atom is -0.425 e. The molecule has 0 saturated heterocycles. The van der Waals surface area contributed by atoms with E-state index in [-0.39, 0.29) is 16.2 Å². The van der Waals surface area contributed by atoms with Crippen LogP contribution in [0.25, 0.3) is 11.0 Å². The van der Waals surface area contributed by atoms with Crippen LogP contribution in [0.3, 0.4) is 0 Å². The lowest BCUT2D eigenvalue weighted by atomic mass is 10.1. The lowest BCUT2D eigenvalue weighted by Crippen LogP contribution is -2.36. The average Bonchev–Trinajstić information content (AvgIpc) is 2.78. The van der Waals surface area contributed by atoms with Crippen molar-refractivity contribution in [1.82, 2.24) is 4.72 Å². The normalized spacial score (nSPS) is 12.4. The molecular formula is C24H19NO6S. The van der Waals surface area contributed by atoms with Gasteiger partial charge in [-0.15, -0.1) is 0 Å². The van der Waals surface area contributed by atoms with E-state index >= 15 is 0 Å². The van der Waals surface area contributed by atoms with E-state index in [0.29, 0.717) is 10.9 Å². The molecule has 0 bridgehead atoms. The van der Waals surface area contributed by atoms with Gasteiger partial charge in [-0.2, -0.15) is 4.72 Å². The quantitative estimate of drug-likeness (QED) is 0.273. The van der Waals surface area contributed by atoms with Crippen molar-refractivity contribution < 1.29 is 22.4 Å². The van der Waals surface area contributed by atoms with Gasteiger partial charge in [0.25, 0.3) is 0 Å². The second kappa shape index (κ2) is 8.78. The van der Waals surface area contributed by atoms with Crippen LogP contribution in [-0.2, 0) is 14.8 Å². The zero-order valence-corrected chi connectivity index (χ0v) is 17.8. The smallest absolute Gasteiger partial charge is 0.336 e. The lowest BCUT2D eigenvalue weighted by molar-refractivity contribution is -0.136. The van der Waals surface area contributed by atoms with Gasteiger partial charge < -0.3 is 9.15 Å². The van der Waals surface area contributed by atoms with Crippen molar-refractivity contribution in [3.05, 3.63) is 106 Å². The first-order valence-corrected chi connectivity index (χ1v) is 11.2. The fourth-order valence-electron chi connectivity index (χ4n) is 3.12. The maximum atomic E-state index is 13.0. The van der Waals surface area contributed by atoms with Gasteiger partial charge in [0.05, 0.1) is 4.90 Å². The number of carbonyl (C=O) groups is 1. The fourth-order valence-corrected chi connectivity index (χ4v) is 4.29. The molecule has 0 amide bonds. The van der Waals surface area contributed by atoms with Gasteiger partial charge in [-0.05, 0) is 42.8 Å². The molecule has 1 N–H and O–H groups in total. The topological polar surface area (TPSA) is 103 Å². The number of carbonyl (C=O) groups excluding carboxylic acids is 1. The van der Waals surface area contributed by atoms with E-state index in [1.807, 2.05) is 6.92 Å². The van der Waals surface area contributed by atoms with E-state index in [1.165, 1.54) is 30.3 Å². The number of nitrogens with one attached hydrogen (secondary N) is 1. The number of hydrogen-bond acceptors (Lipinski definition) is 6. The summed E-state index contributed by atoms with van der Waals surface area (Å²) in [7, 11) is -4.01. The summed E-state index contributed by atoms with van der Waals surface area (Å²) in [6, 6.07) is 20.9. The maximum Gasteiger partial charge on any atom is 0.336 e. The van der Waals surface area contributed by atoms with Crippen LogP contribution in [0, 0.1) is 6.92 Å². The number of hydrogen-bond donors (Lipinski definition) is 1. The summed E-state index contributed by atoms with van der Waals surface area (Å²) in [5.41, 5.74) is 1.04. The first-order chi connectivity index (χ1) is 15.3. The van der Waals surface area contributed by atoms with Crippen LogP contribution in [0.1, 0.15) is 17.2 Å². The van der Waals surface area contributed by atoms with Gasteiger partial charge in [0, 0.05) is 17.5 Å². The van der Waals surface area contributed by atoms with E-state index in [1.54, 1.807) is 54.6 Å². The molecule has 0 aliphatic heterocycles. The summed E-state index contributed by atoms with van der Waals surface area (Å²) in [6.07, 6.45) is 0. The third-order valence-corrected chi connectivity index (χ3v) is 6.22. The minimum atomic E-state index is -4.01. The van der Waals surface area contributed by atoms with Crippen LogP contribution in [0.15, 0.2) is 99.0 Å². The summed E-state index contributed by atoms with van der Waals surface area (Å²) in [5, 5.41) is 0.657. The SMILES string of the molecule is Cc1ccc(S(=O)(=O)N[C@@H](C(=O)Oc2ccc3ccc(=O)oc3c2)c2ccccc2)cc1. The Labute approximate surface area is 184 Å². The van der Waals surface area contributed by atoms with Crippen LogP contribution >= 0.6 is 0 Å². The highest BCUT2D eigenvalue weighted by atomic mass is 32.2. The van der Waals surface area contributed by atoms with Gasteiger partial charge in [-0.1, -0.05) is 48.0 Å². The second-order valence-corrected chi connectivity index (χ2v) is 8.87. The number of sulfonamides is 1. The van der Waals surface area contributed by atoms with E-state index < -0.39 is 27.7 Å². The summed E-state index contributed by atoms with van der Waals surface area (Å²) in [4.78, 5) is 24.5. The molecule has 32 heavy (non-hydrogen) atoms. The van der Waals surface area contributed by atoms with Crippen LogP contribution in [0.4, 0.5) is 0 Å². The van der Waals surface area contributed by atoms with Gasteiger partial charge in [-0.25, -0.2) is 18.0 Å². The number of fused-ring (bicyclic) bond motifs is 1.